The molecule has 0 bridgehead atoms. The maximum atomic E-state index is 12.7. The van der Waals surface area contributed by atoms with Crippen LogP contribution in [-0.4, -0.2) is 19.3 Å². The third-order valence-corrected chi connectivity index (χ3v) is 2.98. The highest BCUT2D eigenvalue weighted by atomic mass is 19.4. The van der Waals surface area contributed by atoms with Crippen LogP contribution in [0.1, 0.15) is 38.3 Å². The average molecular weight is 274 g/mol. The zero-order valence-corrected chi connectivity index (χ0v) is 11.4. The number of halogens is 3. The van der Waals surface area contributed by atoms with Gasteiger partial charge in [-0.25, -0.2) is 0 Å². The molecule has 0 aliphatic heterocycles. The molecule has 0 saturated heterocycles. The summed E-state index contributed by atoms with van der Waals surface area (Å²) < 4.78 is 38.0. The van der Waals surface area contributed by atoms with Crippen molar-refractivity contribution in [3.63, 3.8) is 0 Å². The van der Waals surface area contributed by atoms with E-state index in [1.165, 1.54) is 4.90 Å². The molecule has 2 nitrogen and oxygen atoms in total. The van der Waals surface area contributed by atoms with Crippen LogP contribution in [0.25, 0.3) is 0 Å². The molecule has 0 radical (unpaired) electrons. The van der Waals surface area contributed by atoms with Crippen molar-refractivity contribution >= 4 is 5.69 Å². The summed E-state index contributed by atoms with van der Waals surface area (Å²) in [4.78, 5) is 1.37. The number of nitrogens with two attached hydrogens (primary N) is 1. The third kappa shape index (κ3) is 4.74. The summed E-state index contributed by atoms with van der Waals surface area (Å²) in [5, 5.41) is 0. The Morgan fingerprint density at radius 3 is 2.37 bits per heavy atom. The van der Waals surface area contributed by atoms with E-state index >= 15 is 0 Å². The number of hydrogen-bond donors (Lipinski definition) is 1. The maximum absolute atomic E-state index is 12.7. The van der Waals surface area contributed by atoms with E-state index in [1.807, 2.05) is 26.0 Å². The number of hydrogen-bond acceptors (Lipinski definition) is 2. The van der Waals surface area contributed by atoms with Crippen molar-refractivity contribution in [3.8, 4) is 0 Å². The third-order valence-electron chi connectivity index (χ3n) is 2.98. The van der Waals surface area contributed by atoms with Crippen LogP contribution in [0.2, 0.25) is 0 Å². The smallest absolute Gasteiger partial charge is 0.362 e. The average Bonchev–Trinajstić information content (AvgIpc) is 2.36. The number of rotatable bonds is 6. The van der Waals surface area contributed by atoms with E-state index < -0.39 is 12.7 Å². The second-order valence-electron chi connectivity index (χ2n) is 4.61. The van der Waals surface area contributed by atoms with Crippen molar-refractivity contribution in [3.05, 3.63) is 29.8 Å². The molecule has 1 rings (SSSR count). The molecule has 0 saturated carbocycles. The minimum Gasteiger partial charge on any atom is -0.362 e. The van der Waals surface area contributed by atoms with Crippen LogP contribution in [0.4, 0.5) is 18.9 Å². The van der Waals surface area contributed by atoms with Gasteiger partial charge in [0.2, 0.25) is 0 Å². The van der Waals surface area contributed by atoms with Crippen LogP contribution in [0.15, 0.2) is 24.3 Å². The fourth-order valence-corrected chi connectivity index (χ4v) is 2.08. The van der Waals surface area contributed by atoms with Gasteiger partial charge >= 0.3 is 6.18 Å². The molecule has 0 aliphatic carbocycles. The Balaban J connectivity index is 3.08. The molecule has 0 fully saturated rings. The standard InChI is InChI=1S/C14H21F3N2/c1-3-9-19(10-14(15,16)17)13-8-6-5-7-11(13)12(18)4-2/h5-8,12H,3-4,9-10,18H2,1-2H3. The SMILES string of the molecule is CCCN(CC(F)(F)F)c1ccccc1C(N)CC. The first-order valence-corrected chi connectivity index (χ1v) is 6.55. The lowest BCUT2D eigenvalue weighted by molar-refractivity contribution is -0.119. The van der Waals surface area contributed by atoms with Crippen molar-refractivity contribution < 1.29 is 13.2 Å². The van der Waals surface area contributed by atoms with Crippen LogP contribution in [0.3, 0.4) is 0 Å². The van der Waals surface area contributed by atoms with Gasteiger partial charge in [0, 0.05) is 18.3 Å². The predicted molar refractivity (Wildman–Crippen MR) is 72.2 cm³/mol. The summed E-state index contributed by atoms with van der Waals surface area (Å²) in [6.07, 6.45) is -2.85. The monoisotopic (exact) mass is 274 g/mol. The van der Waals surface area contributed by atoms with Gasteiger partial charge in [0.1, 0.15) is 6.54 Å². The number of nitrogens with zero attached hydrogens (tertiary/aromatic N) is 1. The minimum atomic E-state index is -4.21. The Kier molecular flexibility index (Phi) is 5.66. The van der Waals surface area contributed by atoms with Crippen LogP contribution in [-0.2, 0) is 0 Å². The van der Waals surface area contributed by atoms with Gasteiger partial charge in [-0.3, -0.25) is 0 Å². The van der Waals surface area contributed by atoms with Crippen LogP contribution >= 0.6 is 0 Å². The van der Waals surface area contributed by atoms with Gasteiger partial charge in [-0.1, -0.05) is 32.0 Å². The van der Waals surface area contributed by atoms with Gasteiger partial charge in [0.15, 0.2) is 0 Å². The number of benzene rings is 1. The van der Waals surface area contributed by atoms with E-state index in [9.17, 15) is 13.2 Å². The fraction of sp³-hybridized carbons (Fsp3) is 0.571. The van der Waals surface area contributed by atoms with Crippen LogP contribution < -0.4 is 10.6 Å². The van der Waals surface area contributed by atoms with E-state index in [0.717, 1.165) is 5.56 Å². The molecule has 1 aromatic rings. The lowest BCUT2D eigenvalue weighted by Crippen LogP contribution is -2.36. The highest BCUT2D eigenvalue weighted by Gasteiger charge is 2.31. The van der Waals surface area contributed by atoms with E-state index in [2.05, 4.69) is 0 Å². The van der Waals surface area contributed by atoms with Gasteiger partial charge in [0.05, 0.1) is 0 Å². The molecule has 0 spiro atoms. The fourth-order valence-electron chi connectivity index (χ4n) is 2.08. The first kappa shape index (κ1) is 15.8. The van der Waals surface area contributed by atoms with Gasteiger partial charge in [-0.15, -0.1) is 0 Å². The number of para-hydroxylation sites is 1. The zero-order chi connectivity index (χ0) is 14.5. The largest absolute Gasteiger partial charge is 0.405 e. The molecule has 0 amide bonds. The Morgan fingerprint density at radius 1 is 1.21 bits per heavy atom. The van der Waals surface area contributed by atoms with Crippen molar-refractivity contribution in [2.75, 3.05) is 18.0 Å². The van der Waals surface area contributed by atoms with E-state index in [0.29, 0.717) is 25.1 Å². The van der Waals surface area contributed by atoms with Gasteiger partial charge in [-0.2, -0.15) is 13.2 Å². The molecular weight excluding hydrogens is 253 g/mol. The van der Waals surface area contributed by atoms with E-state index in [-0.39, 0.29) is 6.04 Å². The Bertz CT molecular complexity index is 391. The second-order valence-corrected chi connectivity index (χ2v) is 4.61. The lowest BCUT2D eigenvalue weighted by Gasteiger charge is -2.29. The topological polar surface area (TPSA) is 29.3 Å². The first-order chi connectivity index (χ1) is 8.89. The normalized spacial score (nSPS) is 13.4. The van der Waals surface area contributed by atoms with Crippen molar-refractivity contribution in [1.29, 1.82) is 0 Å². The summed E-state index contributed by atoms with van der Waals surface area (Å²) in [5.41, 5.74) is 7.36. The summed E-state index contributed by atoms with van der Waals surface area (Å²) in [6, 6.07) is 6.85. The van der Waals surface area contributed by atoms with Crippen LogP contribution in [0, 0.1) is 0 Å². The molecule has 0 heterocycles. The molecular formula is C14H21F3N2. The Hall–Kier alpha value is -1.23. The van der Waals surface area contributed by atoms with E-state index in [4.69, 9.17) is 5.73 Å². The second kappa shape index (κ2) is 6.80. The molecule has 1 unspecified atom stereocenters. The highest BCUT2D eigenvalue weighted by Crippen LogP contribution is 2.29. The summed E-state index contributed by atoms with van der Waals surface area (Å²) in [6.45, 7) is 3.22. The molecule has 1 aromatic carbocycles. The predicted octanol–water partition coefficient (Wildman–Crippen LogP) is 3.88. The zero-order valence-electron chi connectivity index (χ0n) is 11.4. The molecule has 19 heavy (non-hydrogen) atoms. The summed E-state index contributed by atoms with van der Waals surface area (Å²) in [7, 11) is 0. The number of alkyl halides is 3. The maximum Gasteiger partial charge on any atom is 0.405 e. The number of anilines is 1. The van der Waals surface area contributed by atoms with Gasteiger partial charge in [-0.05, 0) is 24.5 Å². The van der Waals surface area contributed by atoms with Crippen LogP contribution in [0.5, 0.6) is 0 Å². The molecule has 5 heteroatoms. The van der Waals surface area contributed by atoms with Gasteiger partial charge < -0.3 is 10.6 Å². The van der Waals surface area contributed by atoms with Crippen molar-refractivity contribution in [2.24, 2.45) is 5.73 Å². The summed E-state index contributed by atoms with van der Waals surface area (Å²) in [5.74, 6) is 0. The Morgan fingerprint density at radius 2 is 1.84 bits per heavy atom. The minimum absolute atomic E-state index is 0.233. The van der Waals surface area contributed by atoms with Gasteiger partial charge in [0.25, 0.3) is 0 Å². The quantitative estimate of drug-likeness (QED) is 0.853. The molecule has 2 N–H and O–H groups in total. The van der Waals surface area contributed by atoms with Crippen molar-refractivity contribution in [2.45, 2.75) is 38.9 Å². The van der Waals surface area contributed by atoms with Crippen molar-refractivity contribution in [1.82, 2.24) is 0 Å². The van der Waals surface area contributed by atoms with E-state index in [1.54, 1.807) is 12.1 Å². The lowest BCUT2D eigenvalue weighted by atomic mass is 10.0. The molecule has 1 atom stereocenters. The molecule has 108 valence electrons. The molecule has 0 aliphatic rings. The molecule has 0 aromatic heterocycles. The first-order valence-electron chi connectivity index (χ1n) is 6.55. The highest BCUT2D eigenvalue weighted by molar-refractivity contribution is 5.55. The summed E-state index contributed by atoms with van der Waals surface area (Å²) >= 11 is 0. The Labute approximate surface area is 112 Å².